The van der Waals surface area contributed by atoms with Gasteiger partial charge in [-0.25, -0.2) is 9.86 Å². The highest BCUT2D eigenvalue weighted by molar-refractivity contribution is 6.30. The molecule has 0 heterocycles. The Morgan fingerprint density at radius 1 is 1.27 bits per heavy atom. The predicted octanol–water partition coefficient (Wildman–Crippen LogP) is 2.39. The van der Waals surface area contributed by atoms with Gasteiger partial charge in [0.2, 0.25) is 0 Å². The average Bonchev–Trinajstić information content (AvgIpc) is 2.27. The quantitative estimate of drug-likeness (QED) is 0.729. The third-order valence-electron chi connectivity index (χ3n) is 2.04. The first-order chi connectivity index (χ1) is 7.06. The first-order valence-corrected chi connectivity index (χ1v) is 4.75. The number of anilines is 1. The van der Waals surface area contributed by atoms with E-state index in [1.807, 2.05) is 0 Å². The van der Waals surface area contributed by atoms with Crippen LogP contribution in [0.3, 0.4) is 0 Å². The van der Waals surface area contributed by atoms with Gasteiger partial charge >= 0.3 is 6.03 Å². The van der Waals surface area contributed by atoms with Gasteiger partial charge in [-0.2, -0.15) is 0 Å². The second-order valence-corrected chi connectivity index (χ2v) is 3.43. The minimum atomic E-state index is -0.250. The van der Waals surface area contributed by atoms with Crippen LogP contribution < -0.4 is 4.90 Å². The maximum absolute atomic E-state index is 11.7. The summed E-state index contributed by atoms with van der Waals surface area (Å²) >= 11 is 5.75. The first-order valence-electron chi connectivity index (χ1n) is 4.37. The van der Waals surface area contributed by atoms with Crippen molar-refractivity contribution in [2.75, 3.05) is 26.1 Å². The van der Waals surface area contributed by atoms with Gasteiger partial charge in [0, 0.05) is 24.8 Å². The zero-order valence-electron chi connectivity index (χ0n) is 8.90. The molecule has 0 radical (unpaired) electrons. The van der Waals surface area contributed by atoms with Crippen molar-refractivity contribution < 1.29 is 9.63 Å². The van der Waals surface area contributed by atoms with E-state index in [1.54, 1.807) is 38.4 Å². The van der Waals surface area contributed by atoms with Gasteiger partial charge in [-0.15, -0.1) is 0 Å². The fourth-order valence-corrected chi connectivity index (χ4v) is 1.19. The summed E-state index contributed by atoms with van der Waals surface area (Å²) in [6, 6.07) is 6.74. The van der Waals surface area contributed by atoms with Gasteiger partial charge in [0.25, 0.3) is 0 Å². The largest absolute Gasteiger partial charge is 0.347 e. The van der Waals surface area contributed by atoms with Gasteiger partial charge in [0.1, 0.15) is 0 Å². The Balaban J connectivity index is 2.80. The maximum atomic E-state index is 11.7. The zero-order valence-corrected chi connectivity index (χ0v) is 9.65. The summed E-state index contributed by atoms with van der Waals surface area (Å²) in [4.78, 5) is 17.9. The minimum absolute atomic E-state index is 0.250. The molecule has 0 saturated heterocycles. The number of nitrogens with zero attached hydrogens (tertiary/aromatic N) is 2. The SMILES string of the molecule is CON(C)C(=O)N(C)c1ccc(Cl)cc1. The third-order valence-corrected chi connectivity index (χ3v) is 2.30. The molecule has 0 unspecified atom stereocenters. The Hall–Kier alpha value is -1.26. The maximum Gasteiger partial charge on any atom is 0.347 e. The highest BCUT2D eigenvalue weighted by atomic mass is 35.5. The number of hydroxylamine groups is 2. The van der Waals surface area contributed by atoms with Gasteiger partial charge in [0.15, 0.2) is 0 Å². The van der Waals surface area contributed by atoms with Crippen molar-refractivity contribution in [3.05, 3.63) is 29.3 Å². The van der Waals surface area contributed by atoms with Crippen molar-refractivity contribution in [2.45, 2.75) is 0 Å². The third kappa shape index (κ3) is 2.84. The highest BCUT2D eigenvalue weighted by Crippen LogP contribution is 2.17. The lowest BCUT2D eigenvalue weighted by molar-refractivity contribution is -0.0618. The summed E-state index contributed by atoms with van der Waals surface area (Å²) in [6.07, 6.45) is 0. The first kappa shape index (κ1) is 11.8. The lowest BCUT2D eigenvalue weighted by atomic mass is 10.3. The van der Waals surface area contributed by atoms with Gasteiger partial charge in [-0.05, 0) is 24.3 Å². The molecule has 4 nitrogen and oxygen atoms in total. The summed E-state index contributed by atoms with van der Waals surface area (Å²) in [5, 5.41) is 1.79. The Morgan fingerprint density at radius 2 is 1.80 bits per heavy atom. The van der Waals surface area contributed by atoms with Crippen LogP contribution in [-0.4, -0.2) is 32.3 Å². The molecular formula is C10H13ClN2O2. The van der Waals surface area contributed by atoms with E-state index >= 15 is 0 Å². The number of amides is 2. The molecule has 1 rings (SSSR count). The molecular weight excluding hydrogens is 216 g/mol. The molecule has 0 spiro atoms. The molecule has 0 aliphatic rings. The highest BCUT2D eigenvalue weighted by Gasteiger charge is 2.14. The molecule has 1 aromatic carbocycles. The molecule has 0 fully saturated rings. The Labute approximate surface area is 93.9 Å². The van der Waals surface area contributed by atoms with Crippen molar-refractivity contribution in [1.29, 1.82) is 0 Å². The molecule has 0 bridgehead atoms. The van der Waals surface area contributed by atoms with E-state index in [-0.39, 0.29) is 6.03 Å². The van der Waals surface area contributed by atoms with Crippen molar-refractivity contribution in [3.8, 4) is 0 Å². The van der Waals surface area contributed by atoms with Gasteiger partial charge in [-0.3, -0.25) is 9.74 Å². The lowest BCUT2D eigenvalue weighted by Crippen LogP contribution is -2.38. The molecule has 0 atom stereocenters. The average molecular weight is 229 g/mol. The van der Waals surface area contributed by atoms with Crippen LogP contribution in [0, 0.1) is 0 Å². The molecule has 0 N–H and O–H groups in total. The van der Waals surface area contributed by atoms with Crippen LogP contribution in [0.4, 0.5) is 10.5 Å². The number of carbonyl (C=O) groups is 1. The van der Waals surface area contributed by atoms with Crippen LogP contribution in [0.15, 0.2) is 24.3 Å². The fourth-order valence-electron chi connectivity index (χ4n) is 1.06. The van der Waals surface area contributed by atoms with E-state index in [1.165, 1.54) is 12.0 Å². The monoisotopic (exact) mass is 228 g/mol. The van der Waals surface area contributed by atoms with E-state index in [2.05, 4.69) is 0 Å². The Kier molecular flexibility index (Phi) is 3.94. The van der Waals surface area contributed by atoms with Crippen LogP contribution in [-0.2, 0) is 4.84 Å². The smallest absolute Gasteiger partial charge is 0.296 e. The standard InChI is InChI=1S/C10H13ClN2O2/c1-12(10(14)13(2)15-3)9-6-4-8(11)5-7-9/h4-7H,1-3H3. The molecule has 0 aliphatic heterocycles. The Morgan fingerprint density at radius 3 is 2.27 bits per heavy atom. The summed E-state index contributed by atoms with van der Waals surface area (Å²) in [7, 11) is 4.66. The molecule has 0 aromatic heterocycles. The normalized spacial score (nSPS) is 9.87. The summed E-state index contributed by atoms with van der Waals surface area (Å²) in [5.41, 5.74) is 0.758. The molecule has 15 heavy (non-hydrogen) atoms. The number of benzene rings is 1. The van der Waals surface area contributed by atoms with E-state index < -0.39 is 0 Å². The van der Waals surface area contributed by atoms with E-state index in [4.69, 9.17) is 16.4 Å². The molecule has 0 saturated carbocycles. The summed E-state index contributed by atoms with van der Waals surface area (Å²) < 4.78 is 0. The van der Waals surface area contributed by atoms with Gasteiger partial charge in [0.05, 0.1) is 7.11 Å². The zero-order chi connectivity index (χ0) is 11.4. The van der Waals surface area contributed by atoms with Gasteiger partial charge < -0.3 is 0 Å². The van der Waals surface area contributed by atoms with Crippen molar-refractivity contribution >= 4 is 23.3 Å². The van der Waals surface area contributed by atoms with Crippen LogP contribution in [0.2, 0.25) is 5.02 Å². The van der Waals surface area contributed by atoms with E-state index in [0.29, 0.717) is 5.02 Å². The van der Waals surface area contributed by atoms with Crippen LogP contribution in [0.5, 0.6) is 0 Å². The number of rotatable bonds is 2. The second kappa shape index (κ2) is 5.00. The van der Waals surface area contributed by atoms with Crippen molar-refractivity contribution in [1.82, 2.24) is 5.06 Å². The summed E-state index contributed by atoms with van der Waals surface area (Å²) in [5.74, 6) is 0. The second-order valence-electron chi connectivity index (χ2n) is 3.00. The molecule has 82 valence electrons. The summed E-state index contributed by atoms with van der Waals surface area (Å²) in [6.45, 7) is 0. The van der Waals surface area contributed by atoms with Crippen molar-refractivity contribution in [3.63, 3.8) is 0 Å². The number of carbonyl (C=O) groups excluding carboxylic acids is 1. The van der Waals surface area contributed by atoms with Crippen LogP contribution >= 0.6 is 11.6 Å². The minimum Gasteiger partial charge on any atom is -0.296 e. The van der Waals surface area contributed by atoms with Crippen molar-refractivity contribution in [2.24, 2.45) is 0 Å². The predicted molar refractivity (Wildman–Crippen MR) is 60.0 cm³/mol. The molecule has 2 amide bonds. The number of hydrogen-bond acceptors (Lipinski definition) is 2. The Bertz CT molecular complexity index is 340. The number of urea groups is 1. The van der Waals surface area contributed by atoms with E-state index in [9.17, 15) is 4.79 Å². The molecule has 1 aromatic rings. The topological polar surface area (TPSA) is 32.8 Å². The fraction of sp³-hybridized carbons (Fsp3) is 0.300. The number of halogens is 1. The lowest BCUT2D eigenvalue weighted by Gasteiger charge is -2.22. The van der Waals surface area contributed by atoms with Crippen LogP contribution in [0.1, 0.15) is 0 Å². The number of hydrogen-bond donors (Lipinski definition) is 0. The van der Waals surface area contributed by atoms with E-state index in [0.717, 1.165) is 10.8 Å². The molecule has 0 aliphatic carbocycles. The van der Waals surface area contributed by atoms with Gasteiger partial charge in [-0.1, -0.05) is 11.6 Å². The molecule has 5 heteroatoms. The van der Waals surface area contributed by atoms with Crippen LogP contribution in [0.25, 0.3) is 0 Å².